The molecule has 1 unspecified atom stereocenters. The second kappa shape index (κ2) is 5.25. The molecule has 2 nitrogen and oxygen atoms in total. The lowest BCUT2D eigenvalue weighted by atomic mass is 10.00. The highest BCUT2D eigenvalue weighted by atomic mass is 35.5. The fraction of sp³-hybridized carbons (Fsp3) is 0.154. The normalized spacial score (nSPS) is 12.4. The van der Waals surface area contributed by atoms with Crippen LogP contribution in [-0.4, -0.2) is 4.98 Å². The molecule has 0 aliphatic heterocycles. The molecular weight excluding hydrogens is 239 g/mol. The first-order valence-electron chi connectivity index (χ1n) is 5.27. The van der Waals surface area contributed by atoms with Crippen LogP contribution in [0.4, 0.5) is 4.39 Å². The lowest BCUT2D eigenvalue weighted by Crippen LogP contribution is -2.15. The number of rotatable bonds is 3. The van der Waals surface area contributed by atoms with Gasteiger partial charge in [-0.3, -0.25) is 4.98 Å². The minimum atomic E-state index is -0.406. The zero-order chi connectivity index (χ0) is 12.3. The van der Waals surface area contributed by atoms with E-state index in [0.29, 0.717) is 17.0 Å². The standard InChI is InChI=1S/C13H12ClFN2/c14-11-8-17-6-5-9(11)7-13(16)10-3-1-2-4-12(10)15/h1-6,8,13H,7,16H2. The van der Waals surface area contributed by atoms with E-state index in [0.717, 1.165) is 5.56 Å². The molecular formula is C13H12ClFN2. The summed E-state index contributed by atoms with van der Waals surface area (Å²) in [5.74, 6) is -0.287. The quantitative estimate of drug-likeness (QED) is 0.909. The number of nitrogens with zero attached hydrogens (tertiary/aromatic N) is 1. The van der Waals surface area contributed by atoms with Crippen molar-refractivity contribution in [3.05, 3.63) is 64.7 Å². The molecule has 1 heterocycles. The van der Waals surface area contributed by atoms with Gasteiger partial charge >= 0.3 is 0 Å². The Morgan fingerprint density at radius 3 is 2.76 bits per heavy atom. The average molecular weight is 251 g/mol. The Morgan fingerprint density at radius 2 is 2.06 bits per heavy atom. The van der Waals surface area contributed by atoms with Crippen LogP contribution in [-0.2, 0) is 6.42 Å². The molecule has 0 fully saturated rings. The lowest BCUT2D eigenvalue weighted by Gasteiger charge is -2.13. The van der Waals surface area contributed by atoms with Crippen LogP contribution in [0.15, 0.2) is 42.7 Å². The van der Waals surface area contributed by atoms with Crippen molar-refractivity contribution in [1.82, 2.24) is 4.98 Å². The summed E-state index contributed by atoms with van der Waals surface area (Å²) < 4.78 is 13.5. The Bertz CT molecular complexity index is 516. The molecule has 0 amide bonds. The Hall–Kier alpha value is -1.45. The second-order valence-corrected chi connectivity index (χ2v) is 4.21. The molecule has 1 aromatic carbocycles. The topological polar surface area (TPSA) is 38.9 Å². The summed E-state index contributed by atoms with van der Waals surface area (Å²) in [6, 6.07) is 7.90. The molecule has 0 aliphatic carbocycles. The van der Waals surface area contributed by atoms with Gasteiger partial charge in [-0.1, -0.05) is 29.8 Å². The predicted molar refractivity (Wildman–Crippen MR) is 66.3 cm³/mol. The Labute approximate surface area is 104 Å². The number of hydrogen-bond acceptors (Lipinski definition) is 2. The van der Waals surface area contributed by atoms with Gasteiger partial charge in [-0.05, 0) is 24.1 Å². The second-order valence-electron chi connectivity index (χ2n) is 3.80. The molecule has 0 aliphatic rings. The number of pyridine rings is 1. The molecule has 1 atom stereocenters. The van der Waals surface area contributed by atoms with Gasteiger partial charge in [-0.2, -0.15) is 0 Å². The maximum absolute atomic E-state index is 13.5. The van der Waals surface area contributed by atoms with Crippen LogP contribution in [0.25, 0.3) is 0 Å². The van der Waals surface area contributed by atoms with Crippen molar-refractivity contribution in [3.8, 4) is 0 Å². The number of halogens is 2. The SMILES string of the molecule is NC(Cc1ccncc1Cl)c1ccccc1F. The van der Waals surface area contributed by atoms with E-state index in [-0.39, 0.29) is 5.82 Å². The third-order valence-corrected chi connectivity index (χ3v) is 2.94. The number of hydrogen-bond donors (Lipinski definition) is 1. The van der Waals surface area contributed by atoms with Gasteiger partial charge in [0.15, 0.2) is 0 Å². The number of benzene rings is 1. The fourth-order valence-corrected chi connectivity index (χ4v) is 1.89. The van der Waals surface area contributed by atoms with Crippen molar-refractivity contribution in [2.24, 2.45) is 5.73 Å². The highest BCUT2D eigenvalue weighted by Gasteiger charge is 2.12. The molecule has 0 bridgehead atoms. The summed E-state index contributed by atoms with van der Waals surface area (Å²) >= 11 is 5.98. The highest BCUT2D eigenvalue weighted by Crippen LogP contribution is 2.22. The zero-order valence-electron chi connectivity index (χ0n) is 9.11. The van der Waals surface area contributed by atoms with E-state index in [9.17, 15) is 4.39 Å². The van der Waals surface area contributed by atoms with Crippen molar-refractivity contribution < 1.29 is 4.39 Å². The first-order chi connectivity index (χ1) is 8.18. The number of aromatic nitrogens is 1. The third kappa shape index (κ3) is 2.81. The Morgan fingerprint density at radius 1 is 1.29 bits per heavy atom. The van der Waals surface area contributed by atoms with Crippen LogP contribution in [0.2, 0.25) is 5.02 Å². The highest BCUT2D eigenvalue weighted by molar-refractivity contribution is 6.31. The van der Waals surface area contributed by atoms with E-state index in [1.54, 1.807) is 36.7 Å². The number of nitrogens with two attached hydrogens (primary N) is 1. The Balaban J connectivity index is 2.20. The summed E-state index contributed by atoms with van der Waals surface area (Å²) in [5, 5.41) is 0.555. The van der Waals surface area contributed by atoms with Crippen LogP contribution >= 0.6 is 11.6 Å². The fourth-order valence-electron chi connectivity index (χ4n) is 1.69. The van der Waals surface area contributed by atoms with E-state index in [2.05, 4.69) is 4.98 Å². The summed E-state index contributed by atoms with van der Waals surface area (Å²) in [5.41, 5.74) is 7.35. The van der Waals surface area contributed by atoms with Crippen LogP contribution in [0, 0.1) is 5.82 Å². The lowest BCUT2D eigenvalue weighted by molar-refractivity contribution is 0.580. The zero-order valence-corrected chi connectivity index (χ0v) is 9.86. The first-order valence-corrected chi connectivity index (χ1v) is 5.64. The van der Waals surface area contributed by atoms with Gasteiger partial charge in [0.1, 0.15) is 5.82 Å². The molecule has 2 N–H and O–H groups in total. The van der Waals surface area contributed by atoms with E-state index in [1.807, 2.05) is 0 Å². The van der Waals surface area contributed by atoms with Gasteiger partial charge in [0.25, 0.3) is 0 Å². The molecule has 0 spiro atoms. The van der Waals surface area contributed by atoms with E-state index >= 15 is 0 Å². The minimum Gasteiger partial charge on any atom is -0.324 e. The van der Waals surface area contributed by atoms with Crippen molar-refractivity contribution in [2.75, 3.05) is 0 Å². The van der Waals surface area contributed by atoms with Crippen LogP contribution < -0.4 is 5.73 Å². The molecule has 1 aromatic heterocycles. The maximum Gasteiger partial charge on any atom is 0.127 e. The van der Waals surface area contributed by atoms with Crippen LogP contribution in [0.1, 0.15) is 17.2 Å². The molecule has 0 saturated carbocycles. The monoisotopic (exact) mass is 250 g/mol. The van der Waals surface area contributed by atoms with Gasteiger partial charge in [0.2, 0.25) is 0 Å². The predicted octanol–water partition coefficient (Wildman–Crippen LogP) is 3.12. The Kier molecular flexibility index (Phi) is 3.71. The molecule has 88 valence electrons. The molecule has 4 heteroatoms. The maximum atomic E-state index is 13.5. The van der Waals surface area contributed by atoms with Crippen molar-refractivity contribution in [3.63, 3.8) is 0 Å². The van der Waals surface area contributed by atoms with Crippen LogP contribution in [0.3, 0.4) is 0 Å². The molecule has 17 heavy (non-hydrogen) atoms. The molecule has 0 radical (unpaired) electrons. The van der Waals surface area contributed by atoms with Gasteiger partial charge in [-0.25, -0.2) is 4.39 Å². The summed E-state index contributed by atoms with van der Waals surface area (Å²) in [6.07, 6.45) is 3.70. The van der Waals surface area contributed by atoms with Crippen molar-refractivity contribution >= 4 is 11.6 Å². The average Bonchev–Trinajstić information content (AvgIpc) is 2.32. The van der Waals surface area contributed by atoms with Crippen LogP contribution in [0.5, 0.6) is 0 Å². The third-order valence-electron chi connectivity index (χ3n) is 2.60. The van der Waals surface area contributed by atoms with E-state index in [1.165, 1.54) is 6.07 Å². The molecule has 0 saturated heterocycles. The smallest absolute Gasteiger partial charge is 0.127 e. The molecule has 2 rings (SSSR count). The minimum absolute atomic E-state index is 0.287. The van der Waals surface area contributed by atoms with Gasteiger partial charge < -0.3 is 5.73 Å². The van der Waals surface area contributed by atoms with Gasteiger partial charge in [0.05, 0.1) is 5.02 Å². The summed E-state index contributed by atoms with van der Waals surface area (Å²) in [4.78, 5) is 3.90. The van der Waals surface area contributed by atoms with E-state index in [4.69, 9.17) is 17.3 Å². The van der Waals surface area contributed by atoms with Gasteiger partial charge in [0, 0.05) is 24.0 Å². The van der Waals surface area contributed by atoms with Crippen molar-refractivity contribution in [1.29, 1.82) is 0 Å². The largest absolute Gasteiger partial charge is 0.324 e. The summed E-state index contributed by atoms with van der Waals surface area (Å²) in [6.45, 7) is 0. The van der Waals surface area contributed by atoms with Crippen molar-refractivity contribution in [2.45, 2.75) is 12.5 Å². The first kappa shape index (κ1) is 12.0. The molecule has 2 aromatic rings. The van der Waals surface area contributed by atoms with E-state index < -0.39 is 6.04 Å². The summed E-state index contributed by atoms with van der Waals surface area (Å²) in [7, 11) is 0. The van der Waals surface area contributed by atoms with Gasteiger partial charge in [-0.15, -0.1) is 0 Å².